The fourth-order valence-electron chi connectivity index (χ4n) is 4.96. The molecule has 30 heavy (non-hydrogen) atoms. The van der Waals surface area contributed by atoms with Crippen molar-refractivity contribution in [3.8, 4) is 11.4 Å². The maximum atomic E-state index is 13.0. The fourth-order valence-corrected chi connectivity index (χ4v) is 4.96. The molecule has 1 saturated heterocycles. The molecule has 3 aliphatic rings. The molecule has 7 nitrogen and oxygen atoms in total. The van der Waals surface area contributed by atoms with Crippen LogP contribution in [-0.2, 0) is 4.79 Å². The quantitative estimate of drug-likeness (QED) is 0.760. The van der Waals surface area contributed by atoms with Crippen molar-refractivity contribution < 1.29 is 9.53 Å². The molecule has 0 unspecified atom stereocenters. The third-order valence-electron chi connectivity index (χ3n) is 7.06. The van der Waals surface area contributed by atoms with Crippen molar-refractivity contribution in [3.05, 3.63) is 36.9 Å². The smallest absolute Gasteiger partial charge is 0.225 e. The van der Waals surface area contributed by atoms with Crippen molar-refractivity contribution in [2.24, 2.45) is 5.92 Å². The third-order valence-corrected chi connectivity index (χ3v) is 7.06. The molecule has 2 saturated carbocycles. The normalized spacial score (nSPS) is 25.7. The Morgan fingerprint density at radius 3 is 2.27 bits per heavy atom. The van der Waals surface area contributed by atoms with Gasteiger partial charge in [0.05, 0.1) is 11.8 Å². The van der Waals surface area contributed by atoms with Gasteiger partial charge in [-0.3, -0.25) is 9.69 Å². The molecule has 2 aromatic rings. The predicted molar refractivity (Wildman–Crippen MR) is 114 cm³/mol. The first kappa shape index (κ1) is 19.5. The van der Waals surface area contributed by atoms with Crippen molar-refractivity contribution >= 4 is 5.91 Å². The number of piperazine rings is 1. The van der Waals surface area contributed by atoms with Crippen LogP contribution in [0.1, 0.15) is 44.9 Å². The van der Waals surface area contributed by atoms with Crippen molar-refractivity contribution in [1.29, 1.82) is 0 Å². The van der Waals surface area contributed by atoms with E-state index in [2.05, 4.69) is 19.9 Å². The van der Waals surface area contributed by atoms with E-state index in [1.54, 1.807) is 11.0 Å². The lowest BCUT2D eigenvalue weighted by atomic mass is 9.86. The molecule has 160 valence electrons. The third kappa shape index (κ3) is 4.21. The Kier molecular flexibility index (Phi) is 5.71. The Balaban J connectivity index is 1.07. The Hall–Kier alpha value is -2.41. The largest absolute Gasteiger partial charge is 0.490 e. The van der Waals surface area contributed by atoms with Gasteiger partial charge in [-0.15, -0.1) is 0 Å². The topological polar surface area (TPSA) is 63.5 Å². The molecule has 2 heterocycles. The highest BCUT2D eigenvalue weighted by atomic mass is 16.5. The standard InChI is InChI=1S/C23H31N5O2/c29-23(27-14-12-26(13-15-27)19-2-1-3-19)18-4-8-21(9-5-18)30-22-10-6-20(7-11-22)28-17-24-16-25-28/h6-7,10-11,16-19,21H,1-5,8-9,12-15H2/t18-,21-. The van der Waals surface area contributed by atoms with E-state index in [1.807, 2.05) is 24.3 Å². The van der Waals surface area contributed by atoms with E-state index >= 15 is 0 Å². The molecule has 2 aliphatic carbocycles. The number of aromatic nitrogens is 3. The van der Waals surface area contributed by atoms with Crippen LogP contribution in [0.15, 0.2) is 36.9 Å². The van der Waals surface area contributed by atoms with Gasteiger partial charge in [-0.05, 0) is 62.8 Å². The molecule has 0 atom stereocenters. The highest BCUT2D eigenvalue weighted by molar-refractivity contribution is 5.79. The minimum absolute atomic E-state index is 0.176. The maximum Gasteiger partial charge on any atom is 0.225 e. The van der Waals surface area contributed by atoms with Gasteiger partial charge in [0.15, 0.2) is 0 Å². The zero-order chi connectivity index (χ0) is 20.3. The summed E-state index contributed by atoms with van der Waals surface area (Å²) in [5.74, 6) is 1.43. The van der Waals surface area contributed by atoms with E-state index in [-0.39, 0.29) is 12.0 Å². The van der Waals surface area contributed by atoms with E-state index in [0.29, 0.717) is 5.91 Å². The monoisotopic (exact) mass is 409 g/mol. The lowest BCUT2D eigenvalue weighted by molar-refractivity contribution is -0.139. The van der Waals surface area contributed by atoms with Crippen LogP contribution in [0, 0.1) is 5.92 Å². The van der Waals surface area contributed by atoms with Gasteiger partial charge >= 0.3 is 0 Å². The number of hydrogen-bond acceptors (Lipinski definition) is 5. The molecule has 0 bridgehead atoms. The average molecular weight is 410 g/mol. The highest BCUT2D eigenvalue weighted by Crippen LogP contribution is 2.30. The van der Waals surface area contributed by atoms with Crippen molar-refractivity contribution in [2.75, 3.05) is 26.2 Å². The molecule has 1 aromatic heterocycles. The summed E-state index contributed by atoms with van der Waals surface area (Å²) in [5, 5.41) is 4.14. The Bertz CT molecular complexity index is 818. The number of nitrogens with zero attached hydrogens (tertiary/aromatic N) is 5. The van der Waals surface area contributed by atoms with Crippen LogP contribution in [0.4, 0.5) is 0 Å². The van der Waals surface area contributed by atoms with E-state index < -0.39 is 0 Å². The molecule has 5 rings (SSSR count). The first-order valence-electron chi connectivity index (χ1n) is 11.4. The lowest BCUT2D eigenvalue weighted by Crippen LogP contribution is -2.54. The van der Waals surface area contributed by atoms with Gasteiger partial charge in [0.1, 0.15) is 18.4 Å². The summed E-state index contributed by atoms with van der Waals surface area (Å²) >= 11 is 0. The summed E-state index contributed by atoms with van der Waals surface area (Å²) in [7, 11) is 0. The maximum absolute atomic E-state index is 13.0. The van der Waals surface area contributed by atoms with Gasteiger partial charge in [-0.1, -0.05) is 6.42 Å². The molecular formula is C23H31N5O2. The van der Waals surface area contributed by atoms with E-state index in [9.17, 15) is 4.79 Å². The Morgan fingerprint density at radius 2 is 1.67 bits per heavy atom. The number of carbonyl (C=O) groups excluding carboxylic acids is 1. The van der Waals surface area contributed by atoms with E-state index in [0.717, 1.165) is 69.3 Å². The summed E-state index contributed by atoms with van der Waals surface area (Å²) in [4.78, 5) is 21.7. The second kappa shape index (κ2) is 8.76. The minimum Gasteiger partial charge on any atom is -0.490 e. The summed E-state index contributed by atoms with van der Waals surface area (Å²) in [6.45, 7) is 3.92. The number of benzene rings is 1. The lowest BCUT2D eigenvalue weighted by Gasteiger charge is -2.43. The molecule has 1 aliphatic heterocycles. The van der Waals surface area contributed by atoms with Crippen LogP contribution in [0.5, 0.6) is 5.75 Å². The molecule has 0 spiro atoms. The molecular weight excluding hydrogens is 378 g/mol. The van der Waals surface area contributed by atoms with Crippen LogP contribution in [0.25, 0.3) is 5.69 Å². The molecule has 1 amide bonds. The Labute approximate surface area is 178 Å². The summed E-state index contributed by atoms with van der Waals surface area (Å²) in [5.41, 5.74) is 0.964. The summed E-state index contributed by atoms with van der Waals surface area (Å²) in [6.07, 6.45) is 11.2. The van der Waals surface area contributed by atoms with E-state index in [1.165, 1.54) is 25.6 Å². The van der Waals surface area contributed by atoms with Gasteiger partial charge < -0.3 is 9.64 Å². The SMILES string of the molecule is O=C([C@H]1CC[C@H](Oc2ccc(-n3cncn3)cc2)CC1)N1CCN(C2CCC2)CC1. The minimum atomic E-state index is 0.176. The average Bonchev–Trinajstić information content (AvgIpc) is 3.29. The highest BCUT2D eigenvalue weighted by Gasteiger charge is 2.33. The van der Waals surface area contributed by atoms with Crippen LogP contribution < -0.4 is 4.74 Å². The van der Waals surface area contributed by atoms with Crippen LogP contribution >= 0.6 is 0 Å². The van der Waals surface area contributed by atoms with Gasteiger partial charge in [0.2, 0.25) is 5.91 Å². The van der Waals surface area contributed by atoms with Crippen LogP contribution in [0.2, 0.25) is 0 Å². The van der Waals surface area contributed by atoms with Crippen molar-refractivity contribution in [3.63, 3.8) is 0 Å². The van der Waals surface area contributed by atoms with Crippen molar-refractivity contribution in [1.82, 2.24) is 24.6 Å². The van der Waals surface area contributed by atoms with Crippen LogP contribution in [-0.4, -0.2) is 68.8 Å². The predicted octanol–water partition coefficient (Wildman–Crippen LogP) is 2.90. The molecule has 7 heteroatoms. The second-order valence-electron chi connectivity index (χ2n) is 8.87. The number of ether oxygens (including phenoxy) is 1. The number of amides is 1. The van der Waals surface area contributed by atoms with E-state index in [4.69, 9.17) is 4.74 Å². The van der Waals surface area contributed by atoms with Gasteiger partial charge in [-0.2, -0.15) is 5.10 Å². The number of carbonyl (C=O) groups is 1. The first-order valence-corrected chi connectivity index (χ1v) is 11.4. The summed E-state index contributed by atoms with van der Waals surface area (Å²) < 4.78 is 7.91. The molecule has 1 aromatic carbocycles. The number of hydrogen-bond donors (Lipinski definition) is 0. The van der Waals surface area contributed by atoms with Gasteiger partial charge in [-0.25, -0.2) is 9.67 Å². The van der Waals surface area contributed by atoms with Gasteiger partial charge in [0, 0.05) is 38.1 Å². The summed E-state index contributed by atoms with van der Waals surface area (Å²) in [6, 6.07) is 8.73. The Morgan fingerprint density at radius 1 is 0.933 bits per heavy atom. The van der Waals surface area contributed by atoms with Crippen LogP contribution in [0.3, 0.4) is 0 Å². The second-order valence-corrected chi connectivity index (χ2v) is 8.87. The molecule has 0 radical (unpaired) electrons. The fraction of sp³-hybridized carbons (Fsp3) is 0.609. The zero-order valence-electron chi connectivity index (χ0n) is 17.5. The van der Waals surface area contributed by atoms with Gasteiger partial charge in [0.25, 0.3) is 0 Å². The zero-order valence-corrected chi connectivity index (χ0v) is 17.5. The van der Waals surface area contributed by atoms with Crippen molar-refractivity contribution in [2.45, 2.75) is 57.1 Å². The molecule has 0 N–H and O–H groups in total. The first-order chi connectivity index (χ1) is 14.8. The number of rotatable bonds is 5. The molecule has 3 fully saturated rings.